The molecule has 1 heterocycles. The Morgan fingerprint density at radius 3 is 2.34 bits per heavy atom. The molecule has 1 aliphatic rings. The maximum absolute atomic E-state index is 12.8. The second-order valence-electron chi connectivity index (χ2n) is 6.87. The third-order valence-electron chi connectivity index (χ3n) is 4.90. The minimum Gasteiger partial charge on any atom is -0.355 e. The highest BCUT2D eigenvalue weighted by Gasteiger charge is 2.30. The lowest BCUT2D eigenvalue weighted by atomic mass is 10.1. The Kier molecular flexibility index (Phi) is 6.99. The number of nitrogens with zero attached hydrogens (tertiary/aromatic N) is 3. The van der Waals surface area contributed by atoms with Gasteiger partial charge in [0.25, 0.3) is 0 Å². The smallest absolute Gasteiger partial charge is 0.244 e. The summed E-state index contributed by atoms with van der Waals surface area (Å²) in [5, 5.41) is 12.1. The fourth-order valence-corrected chi connectivity index (χ4v) is 4.87. The topological polar surface area (TPSA) is 93.5 Å². The molecule has 152 valence electrons. The van der Waals surface area contributed by atoms with Gasteiger partial charge in [0.2, 0.25) is 15.9 Å². The lowest BCUT2D eigenvalue weighted by Crippen LogP contribution is -2.51. The predicted octanol–water partition coefficient (Wildman–Crippen LogP) is 1.22. The molecule has 0 radical (unpaired) electrons. The maximum atomic E-state index is 12.8. The first kappa shape index (κ1) is 21.0. The summed E-state index contributed by atoms with van der Waals surface area (Å²) in [5.74, 6) is -0.0629. The first-order chi connectivity index (χ1) is 14.0. The Labute approximate surface area is 171 Å². The fraction of sp³-hybridized carbons (Fsp3) is 0.333. The Morgan fingerprint density at radius 2 is 1.66 bits per heavy atom. The van der Waals surface area contributed by atoms with E-state index in [0.717, 1.165) is 6.42 Å². The molecule has 2 aromatic rings. The van der Waals surface area contributed by atoms with Crippen LogP contribution in [0.5, 0.6) is 0 Å². The van der Waals surface area contributed by atoms with Gasteiger partial charge in [0.15, 0.2) is 0 Å². The maximum Gasteiger partial charge on any atom is 0.244 e. The molecule has 0 bridgehead atoms. The summed E-state index contributed by atoms with van der Waals surface area (Å²) >= 11 is 0. The molecule has 7 nitrogen and oxygen atoms in total. The Balaban J connectivity index is 1.47. The van der Waals surface area contributed by atoms with E-state index in [4.69, 9.17) is 0 Å². The van der Waals surface area contributed by atoms with Gasteiger partial charge in [-0.2, -0.15) is 9.57 Å². The SMILES string of the molecule is N#Cc1ccccc1S(=O)(=O)N1CCN(CC(=O)NCCc2ccccc2)CC1. The second kappa shape index (κ2) is 9.65. The molecule has 0 aliphatic carbocycles. The largest absolute Gasteiger partial charge is 0.355 e. The number of nitrogens with one attached hydrogen (secondary N) is 1. The molecular weight excluding hydrogens is 388 g/mol. The summed E-state index contributed by atoms with van der Waals surface area (Å²) in [4.78, 5) is 14.1. The van der Waals surface area contributed by atoms with Gasteiger partial charge in [-0.1, -0.05) is 42.5 Å². The van der Waals surface area contributed by atoms with E-state index in [1.165, 1.54) is 22.0 Å². The summed E-state index contributed by atoms with van der Waals surface area (Å²) in [6.07, 6.45) is 0.775. The zero-order valence-corrected chi connectivity index (χ0v) is 16.9. The molecule has 0 aromatic heterocycles. The minimum absolute atomic E-state index is 0.0367. The van der Waals surface area contributed by atoms with Crippen LogP contribution in [-0.4, -0.2) is 62.8 Å². The molecule has 8 heteroatoms. The van der Waals surface area contributed by atoms with Crippen molar-refractivity contribution in [1.82, 2.24) is 14.5 Å². The first-order valence-corrected chi connectivity index (χ1v) is 11.0. The van der Waals surface area contributed by atoms with Gasteiger partial charge < -0.3 is 5.32 Å². The van der Waals surface area contributed by atoms with Crippen molar-refractivity contribution in [3.05, 3.63) is 65.7 Å². The number of carbonyl (C=O) groups is 1. The average Bonchev–Trinajstić information content (AvgIpc) is 2.75. The molecule has 1 fully saturated rings. The standard InChI is InChI=1S/C21H24N4O3S/c22-16-19-8-4-5-9-20(19)29(27,28)25-14-12-24(13-15-25)17-21(26)23-11-10-18-6-2-1-3-7-18/h1-9H,10-15,17H2,(H,23,26). The third-order valence-corrected chi connectivity index (χ3v) is 6.86. The van der Waals surface area contributed by atoms with E-state index >= 15 is 0 Å². The van der Waals surface area contributed by atoms with Crippen molar-refractivity contribution in [2.45, 2.75) is 11.3 Å². The molecule has 1 amide bonds. The minimum atomic E-state index is -3.72. The first-order valence-electron chi connectivity index (χ1n) is 9.53. The van der Waals surface area contributed by atoms with Crippen molar-refractivity contribution in [3.63, 3.8) is 0 Å². The molecule has 29 heavy (non-hydrogen) atoms. The number of benzene rings is 2. The Bertz CT molecular complexity index is 978. The molecule has 0 spiro atoms. The van der Waals surface area contributed by atoms with Crippen LogP contribution >= 0.6 is 0 Å². The number of nitriles is 1. The van der Waals surface area contributed by atoms with Gasteiger partial charge in [-0.25, -0.2) is 8.42 Å². The summed E-state index contributed by atoms with van der Waals surface area (Å²) < 4.78 is 27.1. The summed E-state index contributed by atoms with van der Waals surface area (Å²) in [7, 11) is -3.72. The van der Waals surface area contributed by atoms with Crippen LogP contribution in [-0.2, 0) is 21.2 Å². The molecule has 0 atom stereocenters. The number of sulfonamides is 1. The molecule has 1 N–H and O–H groups in total. The van der Waals surface area contributed by atoms with E-state index < -0.39 is 10.0 Å². The van der Waals surface area contributed by atoms with Gasteiger partial charge in [-0.05, 0) is 24.1 Å². The molecule has 0 unspecified atom stereocenters. The highest BCUT2D eigenvalue weighted by molar-refractivity contribution is 7.89. The number of piperazine rings is 1. The molecular formula is C21H24N4O3S. The van der Waals surface area contributed by atoms with Crippen LogP contribution in [0.1, 0.15) is 11.1 Å². The van der Waals surface area contributed by atoms with Gasteiger partial charge in [0.1, 0.15) is 6.07 Å². The highest BCUT2D eigenvalue weighted by Crippen LogP contribution is 2.20. The van der Waals surface area contributed by atoms with Gasteiger partial charge in [-0.3, -0.25) is 9.69 Å². The van der Waals surface area contributed by atoms with Crippen molar-refractivity contribution in [2.24, 2.45) is 0 Å². The van der Waals surface area contributed by atoms with Crippen molar-refractivity contribution in [1.29, 1.82) is 5.26 Å². The van der Waals surface area contributed by atoms with Gasteiger partial charge in [-0.15, -0.1) is 0 Å². The summed E-state index contributed by atoms with van der Waals surface area (Å²) in [6, 6.07) is 18.1. The van der Waals surface area contributed by atoms with E-state index in [1.54, 1.807) is 12.1 Å². The third kappa shape index (κ3) is 5.41. The monoisotopic (exact) mass is 412 g/mol. The van der Waals surface area contributed by atoms with Crippen LogP contribution < -0.4 is 5.32 Å². The second-order valence-corrected chi connectivity index (χ2v) is 8.78. The van der Waals surface area contributed by atoms with Crippen LogP contribution in [0, 0.1) is 11.3 Å². The Hall–Kier alpha value is -2.73. The van der Waals surface area contributed by atoms with Gasteiger partial charge in [0.05, 0.1) is 17.0 Å². The number of hydrogen-bond acceptors (Lipinski definition) is 5. The Morgan fingerprint density at radius 1 is 1.00 bits per heavy atom. The van der Waals surface area contributed by atoms with Crippen LogP contribution in [0.3, 0.4) is 0 Å². The molecule has 1 aliphatic heterocycles. The fourth-order valence-electron chi connectivity index (χ4n) is 3.30. The lowest BCUT2D eigenvalue weighted by Gasteiger charge is -2.33. The number of rotatable bonds is 7. The quantitative estimate of drug-likeness (QED) is 0.738. The van der Waals surface area contributed by atoms with Crippen LogP contribution in [0.25, 0.3) is 0 Å². The highest BCUT2D eigenvalue weighted by atomic mass is 32.2. The van der Waals surface area contributed by atoms with E-state index in [0.29, 0.717) is 32.7 Å². The van der Waals surface area contributed by atoms with Crippen LogP contribution in [0.4, 0.5) is 0 Å². The number of amides is 1. The van der Waals surface area contributed by atoms with E-state index in [9.17, 15) is 18.5 Å². The summed E-state index contributed by atoms with van der Waals surface area (Å²) in [6.45, 7) is 2.35. The van der Waals surface area contributed by atoms with Crippen LogP contribution in [0.2, 0.25) is 0 Å². The van der Waals surface area contributed by atoms with Crippen molar-refractivity contribution in [3.8, 4) is 6.07 Å². The van der Waals surface area contributed by atoms with Crippen LogP contribution in [0.15, 0.2) is 59.5 Å². The van der Waals surface area contributed by atoms with E-state index in [-0.39, 0.29) is 22.9 Å². The zero-order chi connectivity index (χ0) is 20.7. The average molecular weight is 413 g/mol. The predicted molar refractivity (Wildman–Crippen MR) is 110 cm³/mol. The van der Waals surface area contributed by atoms with Gasteiger partial charge in [0, 0.05) is 32.7 Å². The molecule has 3 rings (SSSR count). The van der Waals surface area contributed by atoms with E-state index in [1.807, 2.05) is 41.3 Å². The van der Waals surface area contributed by atoms with Crippen molar-refractivity contribution in [2.75, 3.05) is 39.3 Å². The summed E-state index contributed by atoms with van der Waals surface area (Å²) in [5.41, 5.74) is 1.32. The van der Waals surface area contributed by atoms with Crippen molar-refractivity contribution < 1.29 is 13.2 Å². The van der Waals surface area contributed by atoms with Crippen molar-refractivity contribution >= 4 is 15.9 Å². The number of hydrogen-bond donors (Lipinski definition) is 1. The number of carbonyl (C=O) groups excluding carboxylic acids is 1. The molecule has 0 saturated carbocycles. The molecule has 2 aromatic carbocycles. The molecule has 1 saturated heterocycles. The van der Waals surface area contributed by atoms with Gasteiger partial charge >= 0.3 is 0 Å². The lowest BCUT2D eigenvalue weighted by molar-refractivity contribution is -0.122. The zero-order valence-electron chi connectivity index (χ0n) is 16.1. The van der Waals surface area contributed by atoms with E-state index in [2.05, 4.69) is 5.32 Å². The normalized spacial score (nSPS) is 15.6.